The zero-order valence-electron chi connectivity index (χ0n) is 16.7. The van der Waals surface area contributed by atoms with Gasteiger partial charge in [-0.05, 0) is 43.0 Å². The fourth-order valence-electron chi connectivity index (χ4n) is 3.56. The van der Waals surface area contributed by atoms with Crippen LogP contribution in [0.2, 0.25) is 5.02 Å². The molecular formula is C21H20ClN5O3S. The number of nitrogens with zero attached hydrogens (tertiary/aromatic N) is 4. The van der Waals surface area contributed by atoms with Gasteiger partial charge in [-0.3, -0.25) is 14.9 Å². The summed E-state index contributed by atoms with van der Waals surface area (Å²) in [5.74, 6) is 1.52. The standard InChI is InChI=1S/C21H20ClN5O3S/c1-2-26-20(18-11-17(18)13-6-8-14(22)9-7-13)24-25-21(26)31-12-19(28)23-15-4-3-5-16(10-15)27(29)30/h3-10,17-18H,2,11-12H2,1H3,(H,23,28)/t17-,18-/m0/s1. The number of hydrogen-bond acceptors (Lipinski definition) is 6. The highest BCUT2D eigenvalue weighted by Crippen LogP contribution is 2.54. The van der Waals surface area contributed by atoms with Crippen molar-refractivity contribution in [3.8, 4) is 0 Å². The number of anilines is 1. The summed E-state index contributed by atoms with van der Waals surface area (Å²) in [6.07, 6.45) is 1.01. The highest BCUT2D eigenvalue weighted by atomic mass is 35.5. The maximum atomic E-state index is 12.3. The average molecular weight is 458 g/mol. The maximum absolute atomic E-state index is 12.3. The minimum Gasteiger partial charge on any atom is -0.325 e. The van der Waals surface area contributed by atoms with E-state index in [2.05, 4.69) is 15.5 Å². The molecule has 1 aliphatic carbocycles. The second-order valence-corrected chi connectivity index (χ2v) is 8.61. The molecule has 3 aromatic rings. The van der Waals surface area contributed by atoms with Crippen LogP contribution >= 0.6 is 23.4 Å². The van der Waals surface area contributed by atoms with E-state index < -0.39 is 4.92 Å². The lowest BCUT2D eigenvalue weighted by Gasteiger charge is -2.08. The molecule has 8 nitrogen and oxygen atoms in total. The predicted octanol–water partition coefficient (Wildman–Crippen LogP) is 4.86. The first-order valence-electron chi connectivity index (χ1n) is 9.82. The third-order valence-electron chi connectivity index (χ3n) is 5.16. The Balaban J connectivity index is 1.38. The van der Waals surface area contributed by atoms with Gasteiger partial charge in [0.15, 0.2) is 5.16 Å². The molecule has 0 saturated heterocycles. The largest absolute Gasteiger partial charge is 0.325 e. The molecule has 1 amide bonds. The van der Waals surface area contributed by atoms with Gasteiger partial charge in [0.25, 0.3) is 5.69 Å². The molecule has 0 bridgehead atoms. The minimum atomic E-state index is -0.495. The fourth-order valence-corrected chi connectivity index (χ4v) is 4.50. The van der Waals surface area contributed by atoms with E-state index in [4.69, 9.17) is 11.6 Å². The third-order valence-corrected chi connectivity index (χ3v) is 6.37. The lowest BCUT2D eigenvalue weighted by molar-refractivity contribution is -0.384. The van der Waals surface area contributed by atoms with Gasteiger partial charge in [-0.1, -0.05) is 41.6 Å². The molecule has 2 atom stereocenters. The molecule has 160 valence electrons. The Hall–Kier alpha value is -2.91. The molecule has 1 saturated carbocycles. The first-order chi connectivity index (χ1) is 15.0. The summed E-state index contributed by atoms with van der Waals surface area (Å²) in [6, 6.07) is 13.8. The lowest BCUT2D eigenvalue weighted by atomic mass is 10.1. The molecule has 0 spiro atoms. The number of non-ortho nitro benzene ring substituents is 1. The van der Waals surface area contributed by atoms with Crippen LogP contribution in [0.25, 0.3) is 0 Å². The van der Waals surface area contributed by atoms with Gasteiger partial charge in [-0.2, -0.15) is 0 Å². The van der Waals surface area contributed by atoms with Gasteiger partial charge in [0, 0.05) is 35.3 Å². The van der Waals surface area contributed by atoms with E-state index in [0.29, 0.717) is 29.2 Å². The molecule has 2 aromatic carbocycles. The van der Waals surface area contributed by atoms with Crippen LogP contribution in [-0.4, -0.2) is 31.3 Å². The summed E-state index contributed by atoms with van der Waals surface area (Å²) in [6.45, 7) is 2.74. The van der Waals surface area contributed by atoms with Crippen LogP contribution in [-0.2, 0) is 11.3 Å². The quantitative estimate of drug-likeness (QED) is 0.294. The van der Waals surface area contributed by atoms with E-state index in [1.165, 1.54) is 35.5 Å². The number of aromatic nitrogens is 3. The molecule has 0 aliphatic heterocycles. The summed E-state index contributed by atoms with van der Waals surface area (Å²) in [5, 5.41) is 23.7. The van der Waals surface area contributed by atoms with Gasteiger partial charge >= 0.3 is 0 Å². The van der Waals surface area contributed by atoms with Crippen molar-refractivity contribution in [3.05, 3.63) is 75.1 Å². The molecule has 1 aromatic heterocycles. The van der Waals surface area contributed by atoms with Crippen LogP contribution in [0.3, 0.4) is 0 Å². The van der Waals surface area contributed by atoms with Gasteiger partial charge in [0.1, 0.15) is 5.82 Å². The topological polar surface area (TPSA) is 103 Å². The van der Waals surface area contributed by atoms with E-state index >= 15 is 0 Å². The van der Waals surface area contributed by atoms with Crippen LogP contribution in [0.1, 0.15) is 36.6 Å². The molecule has 1 fully saturated rings. The van der Waals surface area contributed by atoms with Crippen molar-refractivity contribution in [2.45, 2.75) is 36.9 Å². The van der Waals surface area contributed by atoms with Crippen molar-refractivity contribution in [2.24, 2.45) is 0 Å². The molecule has 4 rings (SSSR count). The van der Waals surface area contributed by atoms with Crippen molar-refractivity contribution in [1.29, 1.82) is 0 Å². The summed E-state index contributed by atoms with van der Waals surface area (Å²) in [5.41, 5.74) is 1.56. The number of halogens is 1. The van der Waals surface area contributed by atoms with Crippen molar-refractivity contribution >= 4 is 40.6 Å². The van der Waals surface area contributed by atoms with E-state index in [-0.39, 0.29) is 17.3 Å². The Labute approximate surface area is 188 Å². The number of benzene rings is 2. The van der Waals surface area contributed by atoms with Crippen LogP contribution < -0.4 is 5.32 Å². The molecular weight excluding hydrogens is 438 g/mol. The number of nitro benzene ring substituents is 1. The predicted molar refractivity (Wildman–Crippen MR) is 120 cm³/mol. The second kappa shape index (κ2) is 9.07. The van der Waals surface area contributed by atoms with Gasteiger partial charge < -0.3 is 9.88 Å². The Bertz CT molecular complexity index is 1120. The fraction of sp³-hybridized carbons (Fsp3) is 0.286. The van der Waals surface area contributed by atoms with Gasteiger partial charge in [-0.15, -0.1) is 10.2 Å². The molecule has 1 heterocycles. The van der Waals surface area contributed by atoms with Crippen LogP contribution in [0.15, 0.2) is 53.7 Å². The summed E-state index contributed by atoms with van der Waals surface area (Å²) in [4.78, 5) is 22.7. The van der Waals surface area contributed by atoms with Crippen LogP contribution in [0, 0.1) is 10.1 Å². The Morgan fingerprint density at radius 1 is 1.26 bits per heavy atom. The Morgan fingerprint density at radius 2 is 2.03 bits per heavy atom. The number of nitro groups is 1. The zero-order valence-corrected chi connectivity index (χ0v) is 18.3. The average Bonchev–Trinajstić information content (AvgIpc) is 3.44. The SMILES string of the molecule is CCn1c(SCC(=O)Nc2cccc([N+](=O)[O-])c2)nnc1[C@H]1C[C@H]1c1ccc(Cl)cc1. The summed E-state index contributed by atoms with van der Waals surface area (Å²) in [7, 11) is 0. The number of thioether (sulfide) groups is 1. The smallest absolute Gasteiger partial charge is 0.271 e. The lowest BCUT2D eigenvalue weighted by Crippen LogP contribution is -2.14. The first-order valence-corrected chi connectivity index (χ1v) is 11.2. The number of hydrogen-bond donors (Lipinski definition) is 1. The first kappa shape index (κ1) is 21.3. The van der Waals surface area contributed by atoms with Crippen molar-refractivity contribution in [1.82, 2.24) is 14.8 Å². The third kappa shape index (κ3) is 4.88. The van der Waals surface area contributed by atoms with E-state index in [0.717, 1.165) is 17.3 Å². The number of rotatable bonds is 8. The van der Waals surface area contributed by atoms with Crippen LogP contribution in [0.4, 0.5) is 11.4 Å². The van der Waals surface area contributed by atoms with Gasteiger partial charge in [-0.25, -0.2) is 0 Å². The monoisotopic (exact) mass is 457 g/mol. The normalized spacial score (nSPS) is 17.4. The van der Waals surface area contributed by atoms with E-state index in [1.54, 1.807) is 6.07 Å². The highest BCUT2D eigenvalue weighted by Gasteiger charge is 2.43. The molecule has 0 radical (unpaired) electrons. The number of carbonyl (C=O) groups is 1. The van der Waals surface area contributed by atoms with E-state index in [9.17, 15) is 14.9 Å². The summed E-state index contributed by atoms with van der Waals surface area (Å²) < 4.78 is 2.05. The van der Waals surface area contributed by atoms with Crippen molar-refractivity contribution in [2.75, 3.05) is 11.1 Å². The van der Waals surface area contributed by atoms with Crippen LogP contribution in [0.5, 0.6) is 0 Å². The molecule has 1 aliphatic rings. The van der Waals surface area contributed by atoms with Gasteiger partial charge in [0.05, 0.1) is 10.7 Å². The second-order valence-electron chi connectivity index (χ2n) is 7.23. The maximum Gasteiger partial charge on any atom is 0.271 e. The number of carbonyl (C=O) groups excluding carboxylic acids is 1. The number of amides is 1. The zero-order chi connectivity index (χ0) is 22.0. The number of nitrogens with one attached hydrogen (secondary N) is 1. The summed E-state index contributed by atoms with van der Waals surface area (Å²) >= 11 is 7.28. The molecule has 0 unspecified atom stereocenters. The van der Waals surface area contributed by atoms with Gasteiger partial charge in [0.2, 0.25) is 5.91 Å². The highest BCUT2D eigenvalue weighted by molar-refractivity contribution is 7.99. The van der Waals surface area contributed by atoms with Crippen molar-refractivity contribution in [3.63, 3.8) is 0 Å². The van der Waals surface area contributed by atoms with Crippen molar-refractivity contribution < 1.29 is 9.72 Å². The molecule has 10 heteroatoms. The van der Waals surface area contributed by atoms with E-state index in [1.807, 2.05) is 35.8 Å². The molecule has 31 heavy (non-hydrogen) atoms. The Kier molecular flexibility index (Phi) is 6.24. The Morgan fingerprint density at radius 3 is 2.74 bits per heavy atom. The molecule has 1 N–H and O–H groups in total. The minimum absolute atomic E-state index is 0.0690.